The van der Waals surface area contributed by atoms with Crippen LogP contribution < -0.4 is 4.90 Å². The van der Waals surface area contributed by atoms with Gasteiger partial charge in [-0.15, -0.1) is 0 Å². The Morgan fingerprint density at radius 2 is 1.93 bits per heavy atom. The molecule has 1 amide bonds. The van der Waals surface area contributed by atoms with Gasteiger partial charge in [-0.25, -0.2) is 9.78 Å². The van der Waals surface area contributed by atoms with Crippen molar-refractivity contribution in [2.45, 2.75) is 45.5 Å². The van der Waals surface area contributed by atoms with E-state index in [0.29, 0.717) is 18.9 Å². The minimum Gasteiger partial charge on any atom is -0.479 e. The number of halogens is 3. The molecule has 2 N–H and O–H groups in total. The van der Waals surface area contributed by atoms with Crippen molar-refractivity contribution in [3.8, 4) is 0 Å². The van der Waals surface area contributed by atoms with E-state index in [1.807, 2.05) is 13.8 Å². The highest BCUT2D eigenvalue weighted by atomic mass is 19.4. The molecule has 2 heterocycles. The van der Waals surface area contributed by atoms with Crippen LogP contribution in [0.3, 0.4) is 0 Å². The molecule has 7 nitrogen and oxygen atoms in total. The summed E-state index contributed by atoms with van der Waals surface area (Å²) < 4.78 is 38.1. The molecule has 0 saturated carbocycles. The van der Waals surface area contributed by atoms with Gasteiger partial charge < -0.3 is 20.0 Å². The lowest BCUT2D eigenvalue weighted by atomic mass is 9.90. The van der Waals surface area contributed by atoms with Crippen LogP contribution in [-0.2, 0) is 15.8 Å². The summed E-state index contributed by atoms with van der Waals surface area (Å²) in [5.74, 6) is -2.52. The maximum Gasteiger partial charge on any atom is 0.417 e. The van der Waals surface area contributed by atoms with Gasteiger partial charge in [-0.2, -0.15) is 13.2 Å². The second kappa shape index (κ2) is 8.98. The highest BCUT2D eigenvalue weighted by molar-refractivity contribution is 5.86. The number of hydrogen-bond donors (Lipinski definition) is 2. The number of aliphatic hydroxyl groups is 1. The first-order chi connectivity index (χ1) is 13.4. The molecule has 10 heteroatoms. The van der Waals surface area contributed by atoms with Crippen LogP contribution in [0.5, 0.6) is 0 Å². The number of nitrogens with zero attached hydrogens (tertiary/aromatic N) is 3. The van der Waals surface area contributed by atoms with Crippen LogP contribution in [0.15, 0.2) is 18.3 Å². The van der Waals surface area contributed by atoms with E-state index in [-0.39, 0.29) is 24.9 Å². The summed E-state index contributed by atoms with van der Waals surface area (Å²) >= 11 is 0. The molecule has 1 aromatic rings. The number of carbonyl (C=O) groups is 2. The standard InChI is InChI=1S/C19H26F3N3O4/c1-11(2)8-14(16(26)18(28)29)17(27)25-7-6-24(10-12(25)3)15-5-4-13(9-23-15)19(20,21)22/h4-5,9,11-12,14,16,26H,6-8,10H2,1-3H3,(H,28,29)/t12-,14+,16+/m1/s1. The van der Waals surface area contributed by atoms with Gasteiger partial charge in [-0.05, 0) is 31.4 Å². The zero-order chi connectivity index (χ0) is 21.9. The molecule has 0 radical (unpaired) electrons. The molecule has 1 fully saturated rings. The second-order valence-corrected chi connectivity index (χ2v) is 7.75. The number of anilines is 1. The number of hydrogen-bond acceptors (Lipinski definition) is 5. The maximum atomic E-state index is 12.9. The summed E-state index contributed by atoms with van der Waals surface area (Å²) in [4.78, 5) is 31.3. The average molecular weight is 417 g/mol. The van der Waals surface area contributed by atoms with Gasteiger partial charge in [-0.3, -0.25) is 4.79 Å². The first kappa shape index (κ1) is 22.9. The Bertz CT molecular complexity index is 724. The Labute approximate surface area is 167 Å². The molecular weight excluding hydrogens is 391 g/mol. The quantitative estimate of drug-likeness (QED) is 0.737. The van der Waals surface area contributed by atoms with E-state index in [2.05, 4.69) is 4.98 Å². The molecule has 1 aromatic heterocycles. The number of aliphatic hydroxyl groups excluding tert-OH is 1. The molecule has 29 heavy (non-hydrogen) atoms. The fourth-order valence-corrected chi connectivity index (χ4v) is 3.49. The van der Waals surface area contributed by atoms with Crippen LogP contribution in [-0.4, -0.2) is 63.8 Å². The number of aromatic nitrogens is 1. The van der Waals surface area contributed by atoms with Crippen molar-refractivity contribution in [3.05, 3.63) is 23.9 Å². The third-order valence-corrected chi connectivity index (χ3v) is 4.99. The number of amides is 1. The van der Waals surface area contributed by atoms with Crippen LogP contribution in [0, 0.1) is 11.8 Å². The summed E-state index contributed by atoms with van der Waals surface area (Å²) in [6.07, 6.45) is -5.23. The van der Waals surface area contributed by atoms with E-state index < -0.39 is 35.6 Å². The van der Waals surface area contributed by atoms with Crippen molar-refractivity contribution in [3.63, 3.8) is 0 Å². The Morgan fingerprint density at radius 3 is 2.38 bits per heavy atom. The van der Waals surface area contributed by atoms with Gasteiger partial charge in [0.05, 0.1) is 11.5 Å². The van der Waals surface area contributed by atoms with Crippen molar-refractivity contribution in [1.29, 1.82) is 0 Å². The van der Waals surface area contributed by atoms with E-state index >= 15 is 0 Å². The summed E-state index contributed by atoms with van der Waals surface area (Å²) in [6, 6.07) is 1.94. The first-order valence-electron chi connectivity index (χ1n) is 9.41. The molecule has 162 valence electrons. The Morgan fingerprint density at radius 1 is 1.28 bits per heavy atom. The normalized spacial score (nSPS) is 19.9. The van der Waals surface area contributed by atoms with Crippen molar-refractivity contribution in [2.75, 3.05) is 24.5 Å². The van der Waals surface area contributed by atoms with Crippen molar-refractivity contribution >= 4 is 17.7 Å². The highest BCUT2D eigenvalue weighted by Crippen LogP contribution is 2.30. The van der Waals surface area contributed by atoms with E-state index in [0.717, 1.165) is 12.3 Å². The molecule has 1 aliphatic rings. The van der Waals surface area contributed by atoms with E-state index in [1.165, 1.54) is 11.0 Å². The summed E-state index contributed by atoms with van der Waals surface area (Å²) in [6.45, 7) is 6.38. The lowest BCUT2D eigenvalue weighted by Gasteiger charge is -2.42. The molecule has 0 unspecified atom stereocenters. The fraction of sp³-hybridized carbons (Fsp3) is 0.632. The predicted octanol–water partition coefficient (Wildman–Crippen LogP) is 2.25. The highest BCUT2D eigenvalue weighted by Gasteiger charge is 2.38. The van der Waals surface area contributed by atoms with Gasteiger partial charge in [0, 0.05) is 31.9 Å². The summed E-state index contributed by atoms with van der Waals surface area (Å²) in [5.41, 5.74) is -0.831. The van der Waals surface area contributed by atoms with E-state index in [1.54, 1.807) is 11.8 Å². The maximum absolute atomic E-state index is 12.9. The summed E-state index contributed by atoms with van der Waals surface area (Å²) in [5, 5.41) is 19.1. The second-order valence-electron chi connectivity index (χ2n) is 7.75. The van der Waals surface area contributed by atoms with Crippen LogP contribution in [0.4, 0.5) is 19.0 Å². The molecule has 0 aliphatic carbocycles. The number of alkyl halides is 3. The number of aliphatic carboxylic acids is 1. The van der Waals surface area contributed by atoms with Gasteiger partial charge >= 0.3 is 12.1 Å². The van der Waals surface area contributed by atoms with E-state index in [9.17, 15) is 27.9 Å². The number of carboxylic acid groups (broad SMARTS) is 1. The molecule has 2 rings (SSSR count). The molecule has 0 bridgehead atoms. The largest absolute Gasteiger partial charge is 0.479 e. The molecular formula is C19H26F3N3O4. The average Bonchev–Trinajstić information content (AvgIpc) is 2.64. The van der Waals surface area contributed by atoms with Gasteiger partial charge in [0.2, 0.25) is 5.91 Å². The van der Waals surface area contributed by atoms with E-state index in [4.69, 9.17) is 5.11 Å². The Balaban J connectivity index is 2.10. The predicted molar refractivity (Wildman–Crippen MR) is 99.2 cm³/mol. The number of rotatable bonds is 6. The molecule has 1 aliphatic heterocycles. The van der Waals surface area contributed by atoms with Crippen LogP contribution >= 0.6 is 0 Å². The van der Waals surface area contributed by atoms with Crippen molar-refractivity contribution in [1.82, 2.24) is 9.88 Å². The zero-order valence-corrected chi connectivity index (χ0v) is 16.6. The molecule has 0 spiro atoms. The minimum atomic E-state index is -4.46. The smallest absolute Gasteiger partial charge is 0.417 e. The number of pyridine rings is 1. The zero-order valence-electron chi connectivity index (χ0n) is 16.6. The van der Waals surface area contributed by atoms with Crippen molar-refractivity contribution < 1.29 is 33.0 Å². The SMILES string of the molecule is CC(C)C[C@H](C(=O)N1CCN(c2ccc(C(F)(F)F)cn2)C[C@H]1C)[C@H](O)C(=O)O. The van der Waals surface area contributed by atoms with Crippen molar-refractivity contribution in [2.24, 2.45) is 11.8 Å². The lowest BCUT2D eigenvalue weighted by Crippen LogP contribution is -2.57. The van der Waals surface area contributed by atoms with Crippen LogP contribution in [0.2, 0.25) is 0 Å². The molecule has 1 saturated heterocycles. The molecule has 3 atom stereocenters. The van der Waals surface area contributed by atoms with Gasteiger partial charge in [0.25, 0.3) is 0 Å². The van der Waals surface area contributed by atoms with Crippen LogP contribution in [0.1, 0.15) is 32.8 Å². The van der Waals surface area contributed by atoms with Gasteiger partial charge in [-0.1, -0.05) is 13.8 Å². The minimum absolute atomic E-state index is 0.0193. The third-order valence-electron chi connectivity index (χ3n) is 4.99. The Hall–Kier alpha value is -2.36. The number of carbonyl (C=O) groups excluding carboxylic acids is 1. The topological polar surface area (TPSA) is 94.0 Å². The fourth-order valence-electron chi connectivity index (χ4n) is 3.49. The third kappa shape index (κ3) is 5.59. The lowest BCUT2D eigenvalue weighted by molar-refractivity contribution is -0.158. The number of piperazine rings is 1. The van der Waals surface area contributed by atoms with Gasteiger partial charge in [0.15, 0.2) is 6.10 Å². The van der Waals surface area contributed by atoms with Gasteiger partial charge in [0.1, 0.15) is 5.82 Å². The number of carboxylic acids is 1. The monoisotopic (exact) mass is 417 g/mol. The molecule has 0 aromatic carbocycles. The Kier molecular flexibility index (Phi) is 7.10. The first-order valence-corrected chi connectivity index (χ1v) is 9.41. The van der Waals surface area contributed by atoms with Crippen LogP contribution in [0.25, 0.3) is 0 Å². The summed E-state index contributed by atoms with van der Waals surface area (Å²) in [7, 11) is 0.